The first kappa shape index (κ1) is 34.1. The van der Waals surface area contributed by atoms with Crippen LogP contribution in [0.25, 0.3) is 5.69 Å². The number of halogens is 2. The summed E-state index contributed by atoms with van der Waals surface area (Å²) in [4.78, 5) is 21.9. The van der Waals surface area contributed by atoms with Gasteiger partial charge in [0.15, 0.2) is 0 Å². The van der Waals surface area contributed by atoms with E-state index >= 15 is 0 Å². The third-order valence-electron chi connectivity index (χ3n) is 9.66. The Balaban J connectivity index is 0.845. The highest BCUT2D eigenvalue weighted by atomic mass is 35.5. The first-order valence-corrected chi connectivity index (χ1v) is 18.9. The summed E-state index contributed by atoms with van der Waals surface area (Å²) in [7, 11) is 0. The van der Waals surface area contributed by atoms with Crippen molar-refractivity contribution in [3.8, 4) is 11.4 Å². The molecule has 51 heavy (non-hydrogen) atoms. The van der Waals surface area contributed by atoms with Crippen LogP contribution in [0.4, 0.5) is 11.4 Å². The third-order valence-corrected chi connectivity index (χ3v) is 11.2. The SMILES string of the molecule is CCC(C1CS1)n1ncn(-c2ccc(N3CCN(c4ccc(OC[C@H]5CO[C@](Cn6cncn6)(c6ccc(Cl)cc6Cl)O5)cc4)CC3)cc2)c1=O. The summed E-state index contributed by atoms with van der Waals surface area (Å²) in [6.07, 6.45) is 5.29. The molecule has 5 heterocycles. The summed E-state index contributed by atoms with van der Waals surface area (Å²) in [5.41, 5.74) is 3.72. The Morgan fingerprint density at radius 3 is 2.25 bits per heavy atom. The number of anilines is 2. The van der Waals surface area contributed by atoms with Crippen LogP contribution in [0.2, 0.25) is 10.0 Å². The van der Waals surface area contributed by atoms with Crippen LogP contribution >= 0.6 is 35.0 Å². The second kappa shape index (κ2) is 14.5. The average Bonchev–Trinajstić information content (AvgIpc) is 3.50. The zero-order valence-electron chi connectivity index (χ0n) is 28.1. The molecule has 0 spiro atoms. The van der Waals surface area contributed by atoms with E-state index in [2.05, 4.69) is 56.2 Å². The van der Waals surface area contributed by atoms with Crippen molar-refractivity contribution >= 4 is 46.3 Å². The van der Waals surface area contributed by atoms with Crippen molar-refractivity contribution in [1.82, 2.24) is 29.1 Å². The fourth-order valence-electron chi connectivity index (χ4n) is 6.86. The van der Waals surface area contributed by atoms with Crippen molar-refractivity contribution in [2.24, 2.45) is 0 Å². The summed E-state index contributed by atoms with van der Waals surface area (Å²) in [5.74, 6) is 0.693. The van der Waals surface area contributed by atoms with E-state index in [4.69, 9.17) is 37.4 Å². The molecule has 5 aromatic rings. The van der Waals surface area contributed by atoms with Gasteiger partial charge in [-0.3, -0.25) is 0 Å². The smallest absolute Gasteiger partial charge is 0.350 e. The summed E-state index contributed by atoms with van der Waals surface area (Å²) in [6.45, 7) is 6.56. The maximum atomic E-state index is 13.1. The maximum absolute atomic E-state index is 13.1. The number of ether oxygens (including phenoxy) is 3. The number of benzene rings is 3. The topological polar surface area (TPSA) is 105 Å². The second-order valence-corrected chi connectivity index (χ2v) is 15.0. The van der Waals surface area contributed by atoms with Crippen LogP contribution in [-0.4, -0.2) is 85.6 Å². The van der Waals surface area contributed by atoms with Crippen molar-refractivity contribution in [3.05, 3.63) is 112 Å². The van der Waals surface area contributed by atoms with Crippen LogP contribution in [-0.2, 0) is 21.8 Å². The van der Waals surface area contributed by atoms with Gasteiger partial charge in [0.2, 0.25) is 5.79 Å². The van der Waals surface area contributed by atoms with E-state index in [9.17, 15) is 4.79 Å². The van der Waals surface area contributed by atoms with Gasteiger partial charge < -0.3 is 24.0 Å². The molecule has 2 aromatic heterocycles. The molecule has 0 bridgehead atoms. The van der Waals surface area contributed by atoms with E-state index < -0.39 is 5.79 Å². The molecule has 3 aliphatic heterocycles. The molecular weight excluding hydrogens is 711 g/mol. The predicted octanol–water partition coefficient (Wildman–Crippen LogP) is 5.67. The minimum Gasteiger partial charge on any atom is -0.491 e. The molecule has 0 saturated carbocycles. The van der Waals surface area contributed by atoms with Crippen LogP contribution < -0.4 is 20.2 Å². The van der Waals surface area contributed by atoms with Gasteiger partial charge in [-0.25, -0.2) is 23.7 Å². The summed E-state index contributed by atoms with van der Waals surface area (Å²) in [5, 5.41) is 10.2. The molecule has 266 valence electrons. The number of rotatable bonds is 12. The zero-order valence-corrected chi connectivity index (χ0v) is 30.4. The molecule has 0 radical (unpaired) electrons. The normalized spacial score (nSPS) is 22.3. The predicted molar refractivity (Wildman–Crippen MR) is 199 cm³/mol. The molecule has 3 saturated heterocycles. The van der Waals surface area contributed by atoms with Crippen LogP contribution in [0.15, 0.2) is 90.5 Å². The van der Waals surface area contributed by atoms with E-state index in [0.717, 1.165) is 61.2 Å². The molecule has 0 amide bonds. The van der Waals surface area contributed by atoms with Gasteiger partial charge in [-0.05, 0) is 67.1 Å². The first-order valence-electron chi connectivity index (χ1n) is 17.1. The molecule has 8 rings (SSSR count). The van der Waals surface area contributed by atoms with Crippen molar-refractivity contribution in [2.75, 3.05) is 54.9 Å². The molecule has 15 heteroatoms. The standard InChI is InChI=1S/C36H38Cl2N8O4S/c1-2-33(34-20-51-34)46-35(47)45(24-41-46)28-6-4-26(5-7-28)42-13-15-43(16-14-42)27-8-10-29(11-9-27)48-18-30-19-49-36(50-30,21-44-23-39-22-40-44)31-12-3-25(37)17-32(31)38/h3-12,17,22-24,30,33-34H,2,13-16,18-21H2,1H3/t30-,33?,34?,36-/m0/s1. The van der Waals surface area contributed by atoms with Crippen LogP contribution in [0.5, 0.6) is 5.75 Å². The monoisotopic (exact) mass is 748 g/mol. The molecule has 4 atom stereocenters. The van der Waals surface area contributed by atoms with Crippen molar-refractivity contribution in [3.63, 3.8) is 0 Å². The Labute approximate surface area is 309 Å². The number of hydrogen-bond donors (Lipinski definition) is 0. The summed E-state index contributed by atoms with van der Waals surface area (Å²) < 4.78 is 23.8. The molecule has 2 unspecified atom stereocenters. The summed E-state index contributed by atoms with van der Waals surface area (Å²) in [6, 6.07) is 21.8. The molecule has 0 aliphatic carbocycles. The average molecular weight is 750 g/mol. The number of hydrogen-bond acceptors (Lipinski definition) is 10. The van der Waals surface area contributed by atoms with Crippen LogP contribution in [0, 0.1) is 0 Å². The zero-order chi connectivity index (χ0) is 35.0. The van der Waals surface area contributed by atoms with Crippen LogP contribution in [0.1, 0.15) is 24.9 Å². The van der Waals surface area contributed by atoms with Crippen molar-refractivity contribution in [2.45, 2.75) is 43.1 Å². The second-order valence-electron chi connectivity index (χ2n) is 12.9. The lowest BCUT2D eigenvalue weighted by Gasteiger charge is -2.37. The number of nitrogens with zero attached hydrogens (tertiary/aromatic N) is 8. The Morgan fingerprint density at radius 2 is 1.63 bits per heavy atom. The quantitative estimate of drug-likeness (QED) is 0.148. The van der Waals surface area contributed by atoms with E-state index in [1.807, 2.05) is 42.1 Å². The van der Waals surface area contributed by atoms with E-state index in [1.165, 1.54) is 6.33 Å². The molecule has 12 nitrogen and oxygen atoms in total. The molecular formula is C36H38Cl2N8O4S. The number of aromatic nitrogens is 6. The lowest BCUT2D eigenvalue weighted by molar-refractivity contribution is -0.190. The highest BCUT2D eigenvalue weighted by molar-refractivity contribution is 8.06. The fourth-order valence-corrected chi connectivity index (χ4v) is 8.28. The molecule has 3 fully saturated rings. The van der Waals surface area contributed by atoms with E-state index in [0.29, 0.717) is 34.1 Å². The van der Waals surface area contributed by atoms with Gasteiger partial charge >= 0.3 is 5.69 Å². The van der Waals surface area contributed by atoms with E-state index in [1.54, 1.807) is 38.7 Å². The van der Waals surface area contributed by atoms with Gasteiger partial charge in [-0.1, -0.05) is 36.2 Å². The van der Waals surface area contributed by atoms with E-state index in [-0.39, 0.29) is 24.4 Å². The Kier molecular flexibility index (Phi) is 9.73. The van der Waals surface area contributed by atoms with Gasteiger partial charge in [-0.15, -0.1) is 0 Å². The van der Waals surface area contributed by atoms with Gasteiger partial charge in [-0.2, -0.15) is 22.0 Å². The fraction of sp³-hybridized carbons (Fsp3) is 0.389. The lowest BCUT2D eigenvalue weighted by Crippen LogP contribution is -2.46. The van der Waals surface area contributed by atoms with Crippen molar-refractivity contribution in [1.29, 1.82) is 0 Å². The number of piperazine rings is 1. The molecule has 3 aromatic carbocycles. The number of thioether (sulfide) groups is 1. The third kappa shape index (κ3) is 7.22. The van der Waals surface area contributed by atoms with Gasteiger partial charge in [0.25, 0.3) is 0 Å². The van der Waals surface area contributed by atoms with Gasteiger partial charge in [0, 0.05) is 59.1 Å². The highest BCUT2D eigenvalue weighted by Crippen LogP contribution is 2.41. The minimum absolute atomic E-state index is 0.0751. The largest absolute Gasteiger partial charge is 0.491 e. The Bertz CT molecular complexity index is 2000. The van der Waals surface area contributed by atoms with Crippen molar-refractivity contribution < 1.29 is 14.2 Å². The minimum atomic E-state index is -1.16. The molecule has 3 aliphatic rings. The highest BCUT2D eigenvalue weighted by Gasteiger charge is 2.45. The molecule has 0 N–H and O–H groups in total. The maximum Gasteiger partial charge on any atom is 0.350 e. The Hall–Kier alpha value is -4.01. The van der Waals surface area contributed by atoms with Crippen LogP contribution in [0.3, 0.4) is 0 Å². The lowest BCUT2D eigenvalue weighted by atomic mass is 10.1. The van der Waals surface area contributed by atoms with Gasteiger partial charge in [0.1, 0.15) is 44.0 Å². The summed E-state index contributed by atoms with van der Waals surface area (Å²) >= 11 is 14.6. The first-order chi connectivity index (χ1) is 24.9. The van der Waals surface area contributed by atoms with Gasteiger partial charge in [0.05, 0.1) is 23.4 Å². The Morgan fingerprint density at radius 1 is 0.941 bits per heavy atom.